The van der Waals surface area contributed by atoms with Gasteiger partial charge in [-0.3, -0.25) is 5.01 Å². The molecule has 0 radical (unpaired) electrons. The summed E-state index contributed by atoms with van der Waals surface area (Å²) in [6.45, 7) is 4.62. The average Bonchev–Trinajstić information content (AvgIpc) is 3.46. The summed E-state index contributed by atoms with van der Waals surface area (Å²) in [5.74, 6) is 0. The van der Waals surface area contributed by atoms with Crippen LogP contribution in [0, 0.1) is 6.92 Å². The molecule has 0 aliphatic heterocycles. The summed E-state index contributed by atoms with van der Waals surface area (Å²) in [4.78, 5) is 3.72. The summed E-state index contributed by atoms with van der Waals surface area (Å²) in [7, 11) is 0. The van der Waals surface area contributed by atoms with Crippen molar-refractivity contribution in [3.8, 4) is 0 Å². The van der Waals surface area contributed by atoms with Crippen LogP contribution in [0.25, 0.3) is 0 Å². The standard InChI is InChI=1S/C33H31N3S/c1-27-22-32(35(24-28-12-5-2-6-13-28)25-29-14-7-3-8-15-29)20-19-30(27)23-34-36(26-33-18-11-21-37-33)31-16-9-4-10-17-31/h2-23H,24-26H2,1H3. The Labute approximate surface area is 224 Å². The summed E-state index contributed by atoms with van der Waals surface area (Å²) in [5.41, 5.74) is 7.22. The van der Waals surface area contributed by atoms with E-state index in [9.17, 15) is 0 Å². The van der Waals surface area contributed by atoms with Crippen LogP contribution in [0.5, 0.6) is 0 Å². The number of para-hydroxylation sites is 1. The van der Waals surface area contributed by atoms with Crippen LogP contribution in [-0.4, -0.2) is 6.21 Å². The van der Waals surface area contributed by atoms with Gasteiger partial charge in [0.1, 0.15) is 0 Å². The number of rotatable bonds is 10. The van der Waals surface area contributed by atoms with Crippen LogP contribution in [0.15, 0.2) is 132 Å². The molecule has 0 atom stereocenters. The zero-order valence-corrected chi connectivity index (χ0v) is 21.9. The molecule has 0 aliphatic rings. The quantitative estimate of drug-likeness (QED) is 0.142. The summed E-state index contributed by atoms with van der Waals surface area (Å²) in [6, 6.07) is 42.6. The molecular formula is C33H31N3S. The van der Waals surface area contributed by atoms with E-state index in [-0.39, 0.29) is 0 Å². The van der Waals surface area contributed by atoms with E-state index in [4.69, 9.17) is 5.10 Å². The van der Waals surface area contributed by atoms with Gasteiger partial charge in [0.2, 0.25) is 0 Å². The molecule has 0 saturated carbocycles. The summed E-state index contributed by atoms with van der Waals surface area (Å²) in [6.07, 6.45) is 1.98. The Morgan fingerprint density at radius 2 is 1.27 bits per heavy atom. The molecule has 0 bridgehead atoms. The topological polar surface area (TPSA) is 18.8 Å². The van der Waals surface area contributed by atoms with E-state index >= 15 is 0 Å². The maximum Gasteiger partial charge on any atom is 0.0759 e. The third kappa shape index (κ3) is 6.75. The molecule has 0 fully saturated rings. The van der Waals surface area contributed by atoms with Crippen molar-refractivity contribution >= 4 is 28.9 Å². The zero-order chi connectivity index (χ0) is 25.3. The second kappa shape index (κ2) is 12.2. The number of anilines is 2. The first-order chi connectivity index (χ1) is 18.2. The first-order valence-electron chi connectivity index (χ1n) is 12.6. The minimum absolute atomic E-state index is 0.747. The SMILES string of the molecule is Cc1cc(N(Cc2ccccc2)Cc2ccccc2)ccc1C=NN(Cc1cccs1)c1ccccc1. The number of hydrogen-bond acceptors (Lipinski definition) is 4. The third-order valence-electron chi connectivity index (χ3n) is 6.33. The van der Waals surface area contributed by atoms with Crippen molar-refractivity contribution in [1.82, 2.24) is 0 Å². The second-order valence-corrected chi connectivity index (χ2v) is 10.1. The van der Waals surface area contributed by atoms with E-state index in [2.05, 4.69) is 137 Å². The molecule has 1 aromatic heterocycles. The van der Waals surface area contributed by atoms with Gasteiger partial charge >= 0.3 is 0 Å². The molecule has 1 heterocycles. The number of hydrogen-bond donors (Lipinski definition) is 0. The smallest absolute Gasteiger partial charge is 0.0759 e. The fraction of sp³-hybridized carbons (Fsp3) is 0.121. The molecule has 4 aromatic carbocycles. The molecule has 0 N–H and O–H groups in total. The predicted molar refractivity (Wildman–Crippen MR) is 158 cm³/mol. The van der Waals surface area contributed by atoms with E-state index in [1.54, 1.807) is 11.3 Å². The molecule has 37 heavy (non-hydrogen) atoms. The third-order valence-corrected chi connectivity index (χ3v) is 7.19. The van der Waals surface area contributed by atoms with Crippen LogP contribution in [0.1, 0.15) is 27.1 Å². The maximum atomic E-state index is 4.91. The molecule has 0 saturated heterocycles. The Morgan fingerprint density at radius 1 is 0.649 bits per heavy atom. The van der Waals surface area contributed by atoms with Crippen molar-refractivity contribution in [2.75, 3.05) is 9.91 Å². The van der Waals surface area contributed by atoms with Gasteiger partial charge in [-0.2, -0.15) is 5.10 Å². The second-order valence-electron chi connectivity index (χ2n) is 9.09. The van der Waals surface area contributed by atoms with Crippen LogP contribution in [0.2, 0.25) is 0 Å². The maximum absolute atomic E-state index is 4.91. The first-order valence-corrected chi connectivity index (χ1v) is 13.4. The van der Waals surface area contributed by atoms with Crippen LogP contribution in [0.3, 0.4) is 0 Å². The lowest BCUT2D eigenvalue weighted by molar-refractivity contribution is 0.799. The Kier molecular flexibility index (Phi) is 8.09. The van der Waals surface area contributed by atoms with Crippen molar-refractivity contribution in [1.29, 1.82) is 0 Å². The van der Waals surface area contributed by atoms with E-state index in [1.807, 2.05) is 12.3 Å². The van der Waals surface area contributed by atoms with Gasteiger partial charge in [0.25, 0.3) is 0 Å². The van der Waals surface area contributed by atoms with Gasteiger partial charge in [-0.05, 0) is 64.9 Å². The van der Waals surface area contributed by atoms with Gasteiger partial charge in [-0.1, -0.05) is 91.0 Å². The van der Waals surface area contributed by atoms with Crippen LogP contribution in [0.4, 0.5) is 11.4 Å². The highest BCUT2D eigenvalue weighted by molar-refractivity contribution is 7.09. The highest BCUT2D eigenvalue weighted by atomic mass is 32.1. The van der Waals surface area contributed by atoms with Crippen molar-refractivity contribution in [2.45, 2.75) is 26.6 Å². The molecule has 0 amide bonds. The molecule has 0 unspecified atom stereocenters. The van der Waals surface area contributed by atoms with Crippen LogP contribution in [-0.2, 0) is 19.6 Å². The number of aryl methyl sites for hydroxylation is 1. The predicted octanol–water partition coefficient (Wildman–Crippen LogP) is 8.30. The summed E-state index contributed by atoms with van der Waals surface area (Å²) in [5, 5.41) is 9.09. The van der Waals surface area contributed by atoms with Gasteiger partial charge in [0, 0.05) is 23.7 Å². The minimum atomic E-state index is 0.747. The molecule has 5 aromatic rings. The van der Waals surface area contributed by atoms with Gasteiger partial charge in [-0.25, -0.2) is 0 Å². The molecular weight excluding hydrogens is 470 g/mol. The number of hydrazone groups is 1. The number of thiophene rings is 1. The fourth-order valence-corrected chi connectivity index (χ4v) is 5.01. The highest BCUT2D eigenvalue weighted by Gasteiger charge is 2.11. The van der Waals surface area contributed by atoms with Crippen LogP contribution >= 0.6 is 11.3 Å². The van der Waals surface area contributed by atoms with Gasteiger partial charge in [0.15, 0.2) is 0 Å². The monoisotopic (exact) mass is 501 g/mol. The zero-order valence-electron chi connectivity index (χ0n) is 21.1. The summed E-state index contributed by atoms with van der Waals surface area (Å²) < 4.78 is 0. The van der Waals surface area contributed by atoms with E-state index < -0.39 is 0 Å². The van der Waals surface area contributed by atoms with Crippen molar-refractivity contribution in [3.63, 3.8) is 0 Å². The fourth-order valence-electron chi connectivity index (χ4n) is 4.33. The van der Waals surface area contributed by atoms with Crippen molar-refractivity contribution < 1.29 is 0 Å². The average molecular weight is 502 g/mol. The van der Waals surface area contributed by atoms with Crippen LogP contribution < -0.4 is 9.91 Å². The van der Waals surface area contributed by atoms with Gasteiger partial charge in [0.05, 0.1) is 18.4 Å². The van der Waals surface area contributed by atoms with E-state index in [0.717, 1.165) is 30.9 Å². The normalized spacial score (nSPS) is 11.1. The molecule has 4 heteroatoms. The minimum Gasteiger partial charge on any atom is -0.363 e. The lowest BCUT2D eigenvalue weighted by Crippen LogP contribution is -2.22. The number of nitrogens with zero attached hydrogens (tertiary/aromatic N) is 3. The molecule has 5 rings (SSSR count). The van der Waals surface area contributed by atoms with E-state index in [0.29, 0.717) is 0 Å². The Morgan fingerprint density at radius 3 is 1.84 bits per heavy atom. The lowest BCUT2D eigenvalue weighted by Gasteiger charge is -2.26. The number of benzene rings is 4. The molecule has 184 valence electrons. The Bertz CT molecular complexity index is 1360. The Hall–Kier alpha value is -4.15. The van der Waals surface area contributed by atoms with E-state index in [1.165, 1.54) is 27.3 Å². The van der Waals surface area contributed by atoms with Gasteiger partial charge < -0.3 is 4.90 Å². The molecule has 0 aliphatic carbocycles. The molecule has 3 nitrogen and oxygen atoms in total. The Balaban J connectivity index is 1.39. The van der Waals surface area contributed by atoms with Gasteiger partial charge in [-0.15, -0.1) is 11.3 Å². The highest BCUT2D eigenvalue weighted by Crippen LogP contribution is 2.24. The largest absolute Gasteiger partial charge is 0.363 e. The first kappa shape index (κ1) is 24.5. The van der Waals surface area contributed by atoms with Crippen molar-refractivity contribution in [2.24, 2.45) is 5.10 Å². The van der Waals surface area contributed by atoms with Crippen molar-refractivity contribution in [3.05, 3.63) is 154 Å². The molecule has 0 spiro atoms. The summed E-state index contributed by atoms with van der Waals surface area (Å²) >= 11 is 1.76. The lowest BCUT2D eigenvalue weighted by atomic mass is 10.1.